The zero-order valence-electron chi connectivity index (χ0n) is 8.71. The monoisotopic (exact) mass is 228 g/mol. The van der Waals surface area contributed by atoms with Crippen molar-refractivity contribution in [3.8, 4) is 5.75 Å². The lowest BCUT2D eigenvalue weighted by Gasteiger charge is -1.98. The summed E-state index contributed by atoms with van der Waals surface area (Å²) in [4.78, 5) is 10.5. The molecule has 84 valence electrons. The van der Waals surface area contributed by atoms with Crippen molar-refractivity contribution in [2.45, 2.75) is 0 Å². The summed E-state index contributed by atoms with van der Waals surface area (Å²) in [7, 11) is 0. The predicted octanol–water partition coefficient (Wildman–Crippen LogP) is 3.64. The lowest BCUT2D eigenvalue weighted by Crippen LogP contribution is -2.02. The highest BCUT2D eigenvalue weighted by atomic mass is 16.7. The van der Waals surface area contributed by atoms with E-state index in [0.29, 0.717) is 5.58 Å². The van der Waals surface area contributed by atoms with Crippen LogP contribution in [0.4, 0.5) is 4.79 Å². The van der Waals surface area contributed by atoms with Gasteiger partial charge in [-0.2, -0.15) is 0 Å². The number of carbonyl (C=O) groups is 1. The molecule has 3 rings (SSSR count). The van der Waals surface area contributed by atoms with E-state index in [1.54, 1.807) is 18.2 Å². The van der Waals surface area contributed by atoms with Gasteiger partial charge in [-0.1, -0.05) is 18.2 Å². The Bertz CT molecular complexity index is 712. The molecule has 2 aromatic carbocycles. The second-order valence-corrected chi connectivity index (χ2v) is 3.62. The van der Waals surface area contributed by atoms with Crippen molar-refractivity contribution >= 4 is 28.1 Å². The maximum Gasteiger partial charge on any atom is 0.511 e. The van der Waals surface area contributed by atoms with E-state index in [1.165, 1.54) is 0 Å². The number of fused-ring (bicyclic) bond motifs is 3. The molecule has 0 spiro atoms. The lowest BCUT2D eigenvalue weighted by molar-refractivity contribution is 0.144. The molecule has 4 heteroatoms. The Morgan fingerprint density at radius 2 is 1.82 bits per heavy atom. The maximum absolute atomic E-state index is 10.5. The summed E-state index contributed by atoms with van der Waals surface area (Å²) < 4.78 is 10.2. The number of carboxylic acid groups (broad SMARTS) is 1. The SMILES string of the molecule is O=C(O)Oc1ccc2oc3ccccc3c2c1. The van der Waals surface area contributed by atoms with E-state index in [0.717, 1.165) is 16.4 Å². The fourth-order valence-corrected chi connectivity index (χ4v) is 1.87. The number of rotatable bonds is 1. The number of para-hydroxylation sites is 1. The average Bonchev–Trinajstić information content (AvgIpc) is 2.66. The first-order chi connectivity index (χ1) is 8.24. The molecule has 0 unspecified atom stereocenters. The maximum atomic E-state index is 10.5. The van der Waals surface area contributed by atoms with Gasteiger partial charge in [0.05, 0.1) is 0 Å². The van der Waals surface area contributed by atoms with Crippen LogP contribution in [0.5, 0.6) is 5.75 Å². The largest absolute Gasteiger partial charge is 0.511 e. The minimum atomic E-state index is -1.32. The molecule has 1 N–H and O–H groups in total. The van der Waals surface area contributed by atoms with E-state index in [1.807, 2.05) is 24.3 Å². The van der Waals surface area contributed by atoms with Crippen molar-refractivity contribution in [2.75, 3.05) is 0 Å². The molecule has 0 saturated carbocycles. The molecule has 3 aromatic rings. The van der Waals surface area contributed by atoms with Crippen LogP contribution in [-0.2, 0) is 0 Å². The van der Waals surface area contributed by atoms with Crippen molar-refractivity contribution in [1.29, 1.82) is 0 Å². The van der Waals surface area contributed by atoms with Crippen LogP contribution < -0.4 is 4.74 Å². The molecular weight excluding hydrogens is 220 g/mol. The molecule has 0 saturated heterocycles. The van der Waals surface area contributed by atoms with Crippen molar-refractivity contribution in [1.82, 2.24) is 0 Å². The van der Waals surface area contributed by atoms with Gasteiger partial charge in [-0.25, -0.2) is 4.79 Å². The first kappa shape index (κ1) is 9.72. The summed E-state index contributed by atoms with van der Waals surface area (Å²) in [5.41, 5.74) is 1.49. The van der Waals surface area contributed by atoms with Crippen LogP contribution in [0.15, 0.2) is 46.9 Å². The van der Waals surface area contributed by atoms with Gasteiger partial charge in [-0.15, -0.1) is 0 Å². The quantitative estimate of drug-likeness (QED) is 0.510. The average molecular weight is 228 g/mol. The van der Waals surface area contributed by atoms with E-state index in [4.69, 9.17) is 9.52 Å². The first-order valence-electron chi connectivity index (χ1n) is 5.06. The van der Waals surface area contributed by atoms with Gasteiger partial charge < -0.3 is 14.3 Å². The molecule has 0 amide bonds. The van der Waals surface area contributed by atoms with E-state index in [-0.39, 0.29) is 5.75 Å². The number of benzene rings is 2. The van der Waals surface area contributed by atoms with Gasteiger partial charge in [0.2, 0.25) is 0 Å². The molecule has 4 nitrogen and oxygen atoms in total. The summed E-state index contributed by atoms with van der Waals surface area (Å²) in [5.74, 6) is 0.288. The number of furan rings is 1. The van der Waals surface area contributed by atoms with Crippen molar-refractivity contribution in [2.24, 2.45) is 0 Å². The fourth-order valence-electron chi connectivity index (χ4n) is 1.87. The highest BCUT2D eigenvalue weighted by molar-refractivity contribution is 6.05. The summed E-state index contributed by atoms with van der Waals surface area (Å²) in [6.45, 7) is 0. The Kier molecular flexibility index (Phi) is 2.01. The molecule has 0 aliphatic rings. The Labute approximate surface area is 96.0 Å². The Morgan fingerprint density at radius 3 is 2.65 bits per heavy atom. The van der Waals surface area contributed by atoms with Gasteiger partial charge in [0.15, 0.2) is 0 Å². The Hall–Kier alpha value is -2.49. The fraction of sp³-hybridized carbons (Fsp3) is 0. The highest BCUT2D eigenvalue weighted by Gasteiger charge is 2.08. The van der Waals surface area contributed by atoms with Crippen molar-refractivity contribution < 1.29 is 19.1 Å². The van der Waals surface area contributed by atoms with Crippen LogP contribution in [-0.4, -0.2) is 11.3 Å². The highest BCUT2D eigenvalue weighted by Crippen LogP contribution is 2.31. The van der Waals surface area contributed by atoms with Gasteiger partial charge in [0.25, 0.3) is 0 Å². The number of hydrogen-bond acceptors (Lipinski definition) is 3. The summed E-state index contributed by atoms with van der Waals surface area (Å²) in [6.07, 6.45) is -1.32. The van der Waals surface area contributed by atoms with Crippen LogP contribution in [0.1, 0.15) is 0 Å². The van der Waals surface area contributed by atoms with Crippen molar-refractivity contribution in [3.63, 3.8) is 0 Å². The topological polar surface area (TPSA) is 59.7 Å². The summed E-state index contributed by atoms with van der Waals surface area (Å²) in [5, 5.41) is 10.3. The molecule has 0 aliphatic heterocycles. The van der Waals surface area contributed by atoms with Crippen LogP contribution >= 0.6 is 0 Å². The van der Waals surface area contributed by atoms with E-state index < -0.39 is 6.16 Å². The molecule has 0 radical (unpaired) electrons. The number of hydrogen-bond donors (Lipinski definition) is 1. The van der Waals surface area contributed by atoms with Gasteiger partial charge in [-0.3, -0.25) is 0 Å². The molecule has 1 aromatic heterocycles. The standard InChI is InChI=1S/C13H8O4/c14-13(15)16-8-5-6-12-10(7-8)9-3-1-2-4-11(9)17-12/h1-7H,(H,14,15). The lowest BCUT2D eigenvalue weighted by atomic mass is 10.1. The normalized spacial score (nSPS) is 10.8. The minimum Gasteiger partial charge on any atom is -0.456 e. The molecule has 0 fully saturated rings. The third kappa shape index (κ3) is 1.59. The Morgan fingerprint density at radius 1 is 1.06 bits per heavy atom. The molecule has 17 heavy (non-hydrogen) atoms. The Balaban J connectivity index is 2.26. The van der Waals surface area contributed by atoms with Crippen LogP contribution in [0.3, 0.4) is 0 Å². The zero-order valence-corrected chi connectivity index (χ0v) is 8.71. The van der Waals surface area contributed by atoms with Crippen LogP contribution in [0.25, 0.3) is 21.9 Å². The molecule has 0 atom stereocenters. The van der Waals surface area contributed by atoms with Gasteiger partial charge in [0, 0.05) is 10.8 Å². The van der Waals surface area contributed by atoms with E-state index in [9.17, 15) is 4.79 Å². The third-order valence-electron chi connectivity index (χ3n) is 2.55. The minimum absolute atomic E-state index is 0.288. The molecule has 0 aliphatic carbocycles. The van der Waals surface area contributed by atoms with Crippen molar-refractivity contribution in [3.05, 3.63) is 42.5 Å². The van der Waals surface area contributed by atoms with Gasteiger partial charge in [0.1, 0.15) is 16.9 Å². The zero-order chi connectivity index (χ0) is 11.8. The first-order valence-corrected chi connectivity index (χ1v) is 5.06. The van der Waals surface area contributed by atoms with Gasteiger partial charge in [-0.05, 0) is 24.3 Å². The second-order valence-electron chi connectivity index (χ2n) is 3.62. The van der Waals surface area contributed by atoms with Crippen LogP contribution in [0.2, 0.25) is 0 Å². The van der Waals surface area contributed by atoms with Gasteiger partial charge >= 0.3 is 6.16 Å². The summed E-state index contributed by atoms with van der Waals surface area (Å²) in [6, 6.07) is 12.5. The second kappa shape index (κ2) is 3.52. The molecule has 1 heterocycles. The number of ether oxygens (including phenoxy) is 1. The summed E-state index contributed by atoms with van der Waals surface area (Å²) >= 11 is 0. The molecular formula is C13H8O4. The van der Waals surface area contributed by atoms with Crippen LogP contribution in [0, 0.1) is 0 Å². The predicted molar refractivity (Wildman–Crippen MR) is 62.4 cm³/mol. The molecule has 0 bridgehead atoms. The van der Waals surface area contributed by atoms with E-state index in [2.05, 4.69) is 4.74 Å². The van der Waals surface area contributed by atoms with E-state index >= 15 is 0 Å². The third-order valence-corrected chi connectivity index (χ3v) is 2.55. The smallest absolute Gasteiger partial charge is 0.456 e.